The second-order valence-electron chi connectivity index (χ2n) is 9.22. The minimum atomic E-state index is -0.830. The number of hydrogen-bond acceptors (Lipinski definition) is 9. The van der Waals surface area contributed by atoms with Crippen LogP contribution in [0.2, 0.25) is 0 Å². The van der Waals surface area contributed by atoms with Crippen LogP contribution in [0.5, 0.6) is 0 Å². The summed E-state index contributed by atoms with van der Waals surface area (Å²) in [5.74, 6) is -2.87. The lowest BCUT2D eigenvalue weighted by atomic mass is 9.86. The fourth-order valence-electron chi connectivity index (χ4n) is 3.95. The van der Waals surface area contributed by atoms with Gasteiger partial charge in [0.15, 0.2) is 6.10 Å². The van der Waals surface area contributed by atoms with Crippen molar-refractivity contribution >= 4 is 29.8 Å². The van der Waals surface area contributed by atoms with Crippen LogP contribution in [-0.2, 0) is 42.9 Å². The van der Waals surface area contributed by atoms with E-state index in [-0.39, 0.29) is 32.0 Å². The lowest BCUT2D eigenvalue weighted by Gasteiger charge is -2.17. The lowest BCUT2D eigenvalue weighted by molar-refractivity contribution is -0.164. The first-order valence-corrected chi connectivity index (χ1v) is 13.4. The monoisotopic (exact) mass is 534 g/mol. The van der Waals surface area contributed by atoms with E-state index in [1.54, 1.807) is 0 Å². The Morgan fingerprint density at radius 3 is 2.29 bits per heavy atom. The average Bonchev–Trinajstić information content (AvgIpc) is 3.20. The second-order valence-corrected chi connectivity index (χ2v) is 9.22. The van der Waals surface area contributed by atoms with Crippen LogP contribution < -0.4 is 0 Å². The van der Waals surface area contributed by atoms with E-state index in [2.05, 4.69) is 19.1 Å². The molecule has 0 spiro atoms. The molecule has 3 atom stereocenters. The summed E-state index contributed by atoms with van der Waals surface area (Å²) >= 11 is 0. The van der Waals surface area contributed by atoms with Gasteiger partial charge in [-0.15, -0.1) is 0 Å². The van der Waals surface area contributed by atoms with Crippen molar-refractivity contribution in [3.8, 4) is 0 Å². The van der Waals surface area contributed by atoms with Crippen molar-refractivity contribution in [3.63, 3.8) is 0 Å². The first-order chi connectivity index (χ1) is 18.2. The Morgan fingerprint density at radius 2 is 1.63 bits per heavy atom. The summed E-state index contributed by atoms with van der Waals surface area (Å²) in [7, 11) is 0. The molecule has 0 radical (unpaired) electrons. The highest BCUT2D eigenvalue weighted by Gasteiger charge is 2.37. The molecular formula is C29H42O9. The number of carbonyl (C=O) groups excluding carboxylic acids is 5. The molecule has 0 aromatic heterocycles. The molecule has 212 valence electrons. The largest absolute Gasteiger partial charge is 0.462 e. The molecule has 0 aromatic rings. The van der Waals surface area contributed by atoms with Crippen molar-refractivity contribution in [3.05, 3.63) is 36.5 Å². The zero-order chi connectivity index (χ0) is 28.2. The molecule has 3 unspecified atom stereocenters. The van der Waals surface area contributed by atoms with E-state index in [1.807, 2.05) is 24.3 Å². The van der Waals surface area contributed by atoms with E-state index >= 15 is 0 Å². The van der Waals surface area contributed by atoms with Crippen LogP contribution in [-0.4, -0.2) is 49.2 Å². The summed E-state index contributed by atoms with van der Waals surface area (Å²) in [5.41, 5.74) is 0. The second kappa shape index (κ2) is 19.8. The Labute approximate surface area is 225 Å². The third-order valence-electron chi connectivity index (χ3n) is 5.85. The first-order valence-electron chi connectivity index (χ1n) is 13.4. The Hall–Kier alpha value is -3.23. The molecule has 1 heterocycles. The maximum atomic E-state index is 12.1. The zero-order valence-corrected chi connectivity index (χ0v) is 22.9. The van der Waals surface area contributed by atoms with E-state index in [4.69, 9.17) is 18.9 Å². The number of hydrogen-bond donors (Lipinski definition) is 0. The zero-order valence-electron chi connectivity index (χ0n) is 22.9. The number of ether oxygens (including phenoxy) is 4. The predicted octanol–water partition coefficient (Wildman–Crippen LogP) is 4.93. The van der Waals surface area contributed by atoms with Crippen LogP contribution in [0.3, 0.4) is 0 Å². The summed E-state index contributed by atoms with van der Waals surface area (Å²) in [4.78, 5) is 57.7. The van der Waals surface area contributed by atoms with Crippen LogP contribution in [0.4, 0.5) is 0 Å². The van der Waals surface area contributed by atoms with Crippen molar-refractivity contribution in [2.45, 2.75) is 91.1 Å². The SMILES string of the molecule is CC/C=C/C/C=C/C=C/C(CCCCCCCC(=O)OCC(COC(C)=O)OC(C)=O)C1CC(=O)OC1=O. The molecule has 1 fully saturated rings. The van der Waals surface area contributed by atoms with Gasteiger partial charge in [0, 0.05) is 20.3 Å². The van der Waals surface area contributed by atoms with E-state index < -0.39 is 41.9 Å². The normalized spacial score (nSPS) is 17.2. The molecule has 9 heteroatoms. The van der Waals surface area contributed by atoms with Gasteiger partial charge < -0.3 is 18.9 Å². The number of esters is 5. The summed E-state index contributed by atoms with van der Waals surface area (Å²) < 4.78 is 19.7. The molecule has 0 aromatic carbocycles. The molecular weight excluding hydrogens is 492 g/mol. The van der Waals surface area contributed by atoms with Gasteiger partial charge in [0.1, 0.15) is 13.2 Å². The molecule has 0 bridgehead atoms. The molecule has 0 N–H and O–H groups in total. The molecule has 1 rings (SSSR count). The minimum absolute atomic E-state index is 0.0584. The smallest absolute Gasteiger partial charge is 0.317 e. The maximum Gasteiger partial charge on any atom is 0.317 e. The molecule has 1 aliphatic rings. The third kappa shape index (κ3) is 15.8. The predicted molar refractivity (Wildman–Crippen MR) is 140 cm³/mol. The number of unbranched alkanes of at least 4 members (excludes halogenated alkanes) is 4. The summed E-state index contributed by atoms with van der Waals surface area (Å²) in [6.07, 6.45) is 18.5. The fraction of sp³-hybridized carbons (Fsp3) is 0.621. The van der Waals surface area contributed by atoms with Crippen LogP contribution in [0, 0.1) is 11.8 Å². The fourth-order valence-corrected chi connectivity index (χ4v) is 3.95. The summed E-state index contributed by atoms with van der Waals surface area (Å²) in [6, 6.07) is 0. The van der Waals surface area contributed by atoms with Crippen molar-refractivity contribution < 1.29 is 42.9 Å². The van der Waals surface area contributed by atoms with Gasteiger partial charge in [-0.05, 0) is 31.6 Å². The van der Waals surface area contributed by atoms with Gasteiger partial charge in [0.25, 0.3) is 0 Å². The Bertz CT molecular complexity index is 856. The van der Waals surface area contributed by atoms with E-state index in [0.717, 1.165) is 44.9 Å². The standard InChI is InChI=1S/C29H42O9/c1-4-5-6-7-8-10-13-16-24(26-19-28(33)38-29(26)34)17-14-11-9-12-15-18-27(32)36-21-25(37-23(3)31)20-35-22(2)30/h5-6,8,10,13,16,24-26H,4,7,9,11-12,14-15,17-21H2,1-3H3/b6-5+,10-8+,16-13+. The van der Waals surface area contributed by atoms with Crippen LogP contribution in [0.15, 0.2) is 36.5 Å². The highest BCUT2D eigenvalue weighted by atomic mass is 16.6. The molecule has 9 nitrogen and oxygen atoms in total. The van der Waals surface area contributed by atoms with Crippen LogP contribution in [0.25, 0.3) is 0 Å². The first kappa shape index (κ1) is 32.8. The molecule has 1 saturated heterocycles. The highest BCUT2D eigenvalue weighted by molar-refractivity contribution is 5.94. The molecule has 0 amide bonds. The average molecular weight is 535 g/mol. The van der Waals surface area contributed by atoms with Gasteiger partial charge in [0.2, 0.25) is 0 Å². The van der Waals surface area contributed by atoms with Crippen molar-refractivity contribution in [1.29, 1.82) is 0 Å². The minimum Gasteiger partial charge on any atom is -0.462 e. The van der Waals surface area contributed by atoms with Gasteiger partial charge in [-0.1, -0.05) is 69.1 Å². The topological polar surface area (TPSA) is 122 Å². The van der Waals surface area contributed by atoms with Gasteiger partial charge in [-0.25, -0.2) is 0 Å². The van der Waals surface area contributed by atoms with Gasteiger partial charge in [0.05, 0.1) is 12.3 Å². The highest BCUT2D eigenvalue weighted by Crippen LogP contribution is 2.30. The Balaban J connectivity index is 2.34. The van der Waals surface area contributed by atoms with Gasteiger partial charge in [-0.3, -0.25) is 24.0 Å². The van der Waals surface area contributed by atoms with Crippen LogP contribution in [0.1, 0.15) is 85.0 Å². The number of allylic oxidation sites excluding steroid dienone is 6. The Morgan fingerprint density at radius 1 is 0.921 bits per heavy atom. The maximum absolute atomic E-state index is 12.1. The molecule has 0 saturated carbocycles. The van der Waals surface area contributed by atoms with Crippen molar-refractivity contribution in [2.24, 2.45) is 11.8 Å². The lowest BCUT2D eigenvalue weighted by Crippen LogP contribution is -2.29. The number of carbonyl (C=O) groups is 5. The van der Waals surface area contributed by atoms with Gasteiger partial charge in [-0.2, -0.15) is 0 Å². The van der Waals surface area contributed by atoms with Crippen molar-refractivity contribution in [1.82, 2.24) is 0 Å². The van der Waals surface area contributed by atoms with Crippen LogP contribution >= 0.6 is 0 Å². The molecule has 0 aliphatic carbocycles. The summed E-state index contributed by atoms with van der Waals surface area (Å²) in [6.45, 7) is 4.21. The van der Waals surface area contributed by atoms with Crippen molar-refractivity contribution in [2.75, 3.05) is 13.2 Å². The summed E-state index contributed by atoms with van der Waals surface area (Å²) in [5, 5.41) is 0. The molecule has 1 aliphatic heterocycles. The Kier molecular flexibility index (Phi) is 17.1. The quantitative estimate of drug-likeness (QED) is 0.0567. The molecule has 38 heavy (non-hydrogen) atoms. The number of rotatable bonds is 19. The van der Waals surface area contributed by atoms with E-state index in [0.29, 0.717) is 6.42 Å². The van der Waals surface area contributed by atoms with Gasteiger partial charge >= 0.3 is 29.8 Å². The van der Waals surface area contributed by atoms with E-state index in [1.165, 1.54) is 13.8 Å². The number of cyclic esters (lactones) is 2. The third-order valence-corrected chi connectivity index (χ3v) is 5.85. The van der Waals surface area contributed by atoms with E-state index in [9.17, 15) is 24.0 Å².